The first kappa shape index (κ1) is 28.1. The molecular weight excluding hydrogens is 557 g/mol. The van der Waals surface area contributed by atoms with Gasteiger partial charge in [0.05, 0.1) is 12.7 Å². The number of methoxy groups -OCH3 is 1. The summed E-state index contributed by atoms with van der Waals surface area (Å²) >= 11 is 2.35. The monoisotopic (exact) mass is 578 g/mol. The van der Waals surface area contributed by atoms with Gasteiger partial charge in [0.25, 0.3) is 5.91 Å². The molecule has 2 heterocycles. The normalized spacial score (nSPS) is 16.1. The van der Waals surface area contributed by atoms with E-state index in [9.17, 15) is 32.3 Å². The quantitative estimate of drug-likeness (QED) is 0.229. The Morgan fingerprint density at radius 1 is 1.18 bits per heavy atom. The number of ether oxygens (including phenoxy) is 1. The number of thiazole rings is 1. The fourth-order valence-electron chi connectivity index (χ4n) is 4.01. The summed E-state index contributed by atoms with van der Waals surface area (Å²) in [4.78, 5) is 57.1. The van der Waals surface area contributed by atoms with Crippen LogP contribution in [0.4, 0.5) is 23.1 Å². The summed E-state index contributed by atoms with van der Waals surface area (Å²) in [7, 11) is 1.15. The number of nitrogens with one attached hydrogen (secondary N) is 2. The number of aromatic nitrogens is 1. The first-order valence-corrected chi connectivity index (χ1v) is 13.4. The van der Waals surface area contributed by atoms with Crippen molar-refractivity contribution in [2.75, 3.05) is 18.7 Å². The molecule has 1 aliphatic rings. The zero-order chi connectivity index (χ0) is 28.3. The fraction of sp³-hybridized carbons (Fsp3) is 0.240. The molecule has 1 aliphatic heterocycles. The minimum absolute atomic E-state index is 0.0641. The van der Waals surface area contributed by atoms with Crippen LogP contribution in [0.1, 0.15) is 33.2 Å². The molecule has 0 bridgehead atoms. The highest BCUT2D eigenvalue weighted by Gasteiger charge is 2.46. The lowest BCUT2D eigenvalue weighted by Crippen LogP contribution is -2.49. The van der Waals surface area contributed by atoms with E-state index in [4.69, 9.17) is 0 Å². The molecular formula is C25H21F3N4O5S2. The van der Waals surface area contributed by atoms with Crippen LogP contribution in [-0.4, -0.2) is 53.1 Å². The second-order valence-electron chi connectivity index (χ2n) is 8.26. The number of hydrogen-bond acceptors (Lipinski definition) is 8. The maximum Gasteiger partial charge on any atom is 0.416 e. The Kier molecular flexibility index (Phi) is 8.25. The number of urea groups is 1. The van der Waals surface area contributed by atoms with Gasteiger partial charge in [0.15, 0.2) is 10.8 Å². The molecule has 0 radical (unpaired) electrons. The second kappa shape index (κ2) is 11.5. The van der Waals surface area contributed by atoms with Gasteiger partial charge in [-0.3, -0.25) is 9.59 Å². The van der Waals surface area contributed by atoms with Gasteiger partial charge in [-0.1, -0.05) is 30.3 Å². The zero-order valence-corrected chi connectivity index (χ0v) is 22.1. The molecule has 2 N–H and O–H groups in total. The van der Waals surface area contributed by atoms with E-state index in [1.807, 2.05) is 6.26 Å². The number of alkyl halides is 3. The van der Waals surface area contributed by atoms with Gasteiger partial charge in [-0.15, -0.1) is 23.1 Å². The van der Waals surface area contributed by atoms with Gasteiger partial charge < -0.3 is 15.4 Å². The second-order valence-corrected chi connectivity index (χ2v) is 10.00. The van der Waals surface area contributed by atoms with E-state index in [-0.39, 0.29) is 16.4 Å². The number of nitrogens with zero attached hydrogens (tertiary/aromatic N) is 2. The van der Waals surface area contributed by atoms with E-state index in [0.717, 1.165) is 29.4 Å². The Morgan fingerprint density at radius 3 is 2.51 bits per heavy atom. The van der Waals surface area contributed by atoms with E-state index >= 15 is 0 Å². The SMILES string of the molecule is COC(=O)c1csc(NC(=O)C(Cc2ccccc2C(F)(F)F)N2C(=O)NC(c3ccc(SC)cc3)C2=O)n1. The summed E-state index contributed by atoms with van der Waals surface area (Å²) in [5.74, 6) is -2.51. The van der Waals surface area contributed by atoms with Gasteiger partial charge in [-0.2, -0.15) is 13.2 Å². The van der Waals surface area contributed by atoms with Gasteiger partial charge in [0, 0.05) is 16.7 Å². The molecule has 14 heteroatoms. The largest absolute Gasteiger partial charge is 0.464 e. The molecule has 1 aromatic heterocycles. The van der Waals surface area contributed by atoms with Crippen LogP contribution < -0.4 is 10.6 Å². The van der Waals surface area contributed by atoms with Crippen LogP contribution in [0.2, 0.25) is 0 Å². The number of halogens is 3. The fourth-order valence-corrected chi connectivity index (χ4v) is 5.10. The van der Waals surface area contributed by atoms with Crippen LogP contribution in [0.15, 0.2) is 58.8 Å². The van der Waals surface area contributed by atoms with Crippen LogP contribution in [0, 0.1) is 0 Å². The number of carbonyl (C=O) groups excluding carboxylic acids is 4. The van der Waals surface area contributed by atoms with Crippen LogP contribution in [0.3, 0.4) is 0 Å². The Balaban J connectivity index is 1.68. The van der Waals surface area contributed by atoms with Crippen molar-refractivity contribution in [2.24, 2.45) is 0 Å². The first-order chi connectivity index (χ1) is 18.5. The third-order valence-corrected chi connectivity index (χ3v) is 7.40. The van der Waals surface area contributed by atoms with Crippen molar-refractivity contribution < 1.29 is 37.1 Å². The highest BCUT2D eigenvalue weighted by atomic mass is 32.2. The van der Waals surface area contributed by atoms with Crippen molar-refractivity contribution in [1.82, 2.24) is 15.2 Å². The molecule has 1 saturated heterocycles. The van der Waals surface area contributed by atoms with Crippen molar-refractivity contribution in [1.29, 1.82) is 0 Å². The van der Waals surface area contributed by atoms with Crippen LogP contribution in [0.25, 0.3) is 0 Å². The topological polar surface area (TPSA) is 118 Å². The van der Waals surface area contributed by atoms with Crippen LogP contribution in [0.5, 0.6) is 0 Å². The molecule has 1 fully saturated rings. The standard InChI is InChI=1S/C25H21F3N4O5S2/c1-37-22(35)17-12-39-23(29-17)31-20(33)18(11-14-5-3-4-6-16(14)25(26,27)28)32-21(34)19(30-24(32)36)13-7-9-15(38-2)10-8-13/h3-10,12,18-19H,11H2,1-2H3,(H,30,36)(H,29,31,33). The Morgan fingerprint density at radius 2 is 1.87 bits per heavy atom. The van der Waals surface area contributed by atoms with Gasteiger partial charge >= 0.3 is 18.2 Å². The average Bonchev–Trinajstić information content (AvgIpc) is 3.50. The highest BCUT2D eigenvalue weighted by Crippen LogP contribution is 2.34. The molecule has 39 heavy (non-hydrogen) atoms. The van der Waals surface area contributed by atoms with Crippen molar-refractivity contribution in [3.8, 4) is 0 Å². The number of thioether (sulfide) groups is 1. The van der Waals surface area contributed by atoms with Crippen molar-refractivity contribution >= 4 is 52.0 Å². The highest BCUT2D eigenvalue weighted by molar-refractivity contribution is 7.98. The summed E-state index contributed by atoms with van der Waals surface area (Å²) < 4.78 is 45.7. The summed E-state index contributed by atoms with van der Waals surface area (Å²) in [5, 5.41) is 6.18. The molecule has 9 nitrogen and oxygen atoms in total. The molecule has 0 spiro atoms. The number of carbonyl (C=O) groups is 4. The molecule has 2 atom stereocenters. The molecule has 204 valence electrons. The third kappa shape index (κ3) is 6.06. The number of hydrogen-bond donors (Lipinski definition) is 2. The Bertz CT molecular complexity index is 1410. The smallest absolute Gasteiger partial charge is 0.416 e. The summed E-state index contributed by atoms with van der Waals surface area (Å²) in [5.41, 5.74) is -0.930. The van der Waals surface area contributed by atoms with Crippen LogP contribution in [-0.2, 0) is 26.9 Å². The van der Waals surface area contributed by atoms with Gasteiger partial charge in [0.1, 0.15) is 12.1 Å². The minimum Gasteiger partial charge on any atom is -0.464 e. The number of anilines is 1. The molecule has 3 aromatic rings. The predicted molar refractivity (Wildman–Crippen MR) is 137 cm³/mol. The van der Waals surface area contributed by atoms with E-state index < -0.39 is 54.1 Å². The molecule has 0 aliphatic carbocycles. The molecule has 4 amide bonds. The Hall–Kier alpha value is -3.91. The number of benzene rings is 2. The average molecular weight is 579 g/mol. The number of amides is 4. The molecule has 2 aromatic carbocycles. The maximum atomic E-state index is 13.7. The number of imide groups is 1. The minimum atomic E-state index is -4.73. The van der Waals surface area contributed by atoms with Gasteiger partial charge in [-0.05, 0) is 35.6 Å². The third-order valence-electron chi connectivity index (χ3n) is 5.90. The van der Waals surface area contributed by atoms with E-state index in [2.05, 4.69) is 20.4 Å². The summed E-state index contributed by atoms with van der Waals surface area (Å²) in [6.07, 6.45) is -3.48. The molecule has 4 rings (SSSR count). The lowest BCUT2D eigenvalue weighted by atomic mass is 9.98. The maximum absolute atomic E-state index is 13.7. The van der Waals surface area contributed by atoms with Gasteiger partial charge in [-0.25, -0.2) is 19.5 Å². The Labute approximate surface area is 228 Å². The van der Waals surface area contributed by atoms with E-state index in [1.54, 1.807) is 24.3 Å². The van der Waals surface area contributed by atoms with Crippen molar-refractivity contribution in [3.05, 3.63) is 76.3 Å². The summed E-state index contributed by atoms with van der Waals surface area (Å²) in [6.45, 7) is 0. The molecule has 0 saturated carbocycles. The van der Waals surface area contributed by atoms with Crippen molar-refractivity contribution in [3.63, 3.8) is 0 Å². The van der Waals surface area contributed by atoms with Gasteiger partial charge in [0.2, 0.25) is 5.91 Å². The zero-order valence-electron chi connectivity index (χ0n) is 20.4. The lowest BCUT2D eigenvalue weighted by molar-refractivity contribution is -0.138. The lowest BCUT2D eigenvalue weighted by Gasteiger charge is -2.25. The first-order valence-electron chi connectivity index (χ1n) is 11.3. The van der Waals surface area contributed by atoms with Crippen LogP contribution >= 0.6 is 23.1 Å². The van der Waals surface area contributed by atoms with E-state index in [0.29, 0.717) is 10.5 Å². The van der Waals surface area contributed by atoms with E-state index in [1.165, 1.54) is 35.3 Å². The van der Waals surface area contributed by atoms with Crippen molar-refractivity contribution in [2.45, 2.75) is 29.6 Å². The summed E-state index contributed by atoms with van der Waals surface area (Å²) in [6, 6.07) is 7.69. The number of rotatable bonds is 8. The molecule has 2 unspecified atom stereocenters. The number of esters is 1. The predicted octanol–water partition coefficient (Wildman–Crippen LogP) is 4.51.